The molecule has 1 aromatic rings. The standard InChI is InChI=1S/C16H22N2O2/c19-16(6-5-14-7-11-20-13-14)18-10-3-4-15(18)12-17-8-1-2-9-17/h5-7,11,13,15H,1-4,8-10,12H2. The number of furan rings is 1. The molecular formula is C16H22N2O2. The Hall–Kier alpha value is -1.55. The second-order valence-corrected chi connectivity index (χ2v) is 5.73. The number of amides is 1. The molecule has 0 saturated carbocycles. The Morgan fingerprint density at radius 2 is 2.15 bits per heavy atom. The average molecular weight is 274 g/mol. The highest BCUT2D eigenvalue weighted by atomic mass is 16.3. The normalized spacial score (nSPS) is 24.0. The van der Waals surface area contributed by atoms with Crippen molar-refractivity contribution in [1.29, 1.82) is 0 Å². The first kappa shape index (κ1) is 13.4. The molecule has 0 aromatic carbocycles. The van der Waals surface area contributed by atoms with Gasteiger partial charge in [-0.1, -0.05) is 0 Å². The number of carbonyl (C=O) groups excluding carboxylic acids is 1. The first-order chi connectivity index (χ1) is 9.83. The molecule has 2 aliphatic rings. The Morgan fingerprint density at radius 1 is 1.30 bits per heavy atom. The van der Waals surface area contributed by atoms with Crippen LogP contribution >= 0.6 is 0 Å². The van der Waals surface area contributed by atoms with Gasteiger partial charge in [0.05, 0.1) is 12.5 Å². The van der Waals surface area contributed by atoms with Crippen LogP contribution in [0.3, 0.4) is 0 Å². The maximum Gasteiger partial charge on any atom is 0.246 e. The number of rotatable bonds is 4. The first-order valence-electron chi connectivity index (χ1n) is 7.56. The number of likely N-dealkylation sites (tertiary alicyclic amines) is 2. The van der Waals surface area contributed by atoms with E-state index in [1.807, 2.05) is 17.0 Å². The summed E-state index contributed by atoms with van der Waals surface area (Å²) in [6.07, 6.45) is 11.7. The minimum Gasteiger partial charge on any atom is -0.472 e. The van der Waals surface area contributed by atoms with Crippen LogP contribution in [0, 0.1) is 0 Å². The van der Waals surface area contributed by atoms with E-state index in [-0.39, 0.29) is 5.91 Å². The highest BCUT2D eigenvalue weighted by molar-refractivity contribution is 5.92. The van der Waals surface area contributed by atoms with E-state index in [4.69, 9.17) is 4.42 Å². The van der Waals surface area contributed by atoms with Crippen molar-refractivity contribution >= 4 is 12.0 Å². The molecule has 1 atom stereocenters. The summed E-state index contributed by atoms with van der Waals surface area (Å²) in [6, 6.07) is 2.25. The van der Waals surface area contributed by atoms with Crippen molar-refractivity contribution in [3.8, 4) is 0 Å². The highest BCUT2D eigenvalue weighted by Gasteiger charge is 2.29. The smallest absolute Gasteiger partial charge is 0.246 e. The summed E-state index contributed by atoms with van der Waals surface area (Å²) < 4.78 is 5.00. The molecule has 1 unspecified atom stereocenters. The van der Waals surface area contributed by atoms with Gasteiger partial charge in [-0.15, -0.1) is 0 Å². The Labute approximate surface area is 120 Å². The molecule has 4 nitrogen and oxygen atoms in total. The summed E-state index contributed by atoms with van der Waals surface area (Å²) in [5, 5.41) is 0. The van der Waals surface area contributed by atoms with Crippen molar-refractivity contribution < 1.29 is 9.21 Å². The molecule has 4 heteroatoms. The third-order valence-electron chi connectivity index (χ3n) is 4.29. The van der Waals surface area contributed by atoms with E-state index in [2.05, 4.69) is 4.90 Å². The van der Waals surface area contributed by atoms with Crippen LogP contribution < -0.4 is 0 Å². The summed E-state index contributed by atoms with van der Waals surface area (Å²) in [4.78, 5) is 16.8. The molecule has 0 radical (unpaired) electrons. The van der Waals surface area contributed by atoms with E-state index in [0.717, 1.165) is 31.5 Å². The van der Waals surface area contributed by atoms with Crippen LogP contribution in [0.2, 0.25) is 0 Å². The highest BCUT2D eigenvalue weighted by Crippen LogP contribution is 2.21. The zero-order valence-electron chi connectivity index (χ0n) is 11.8. The summed E-state index contributed by atoms with van der Waals surface area (Å²) in [7, 11) is 0. The molecular weight excluding hydrogens is 252 g/mol. The third-order valence-corrected chi connectivity index (χ3v) is 4.29. The van der Waals surface area contributed by atoms with Gasteiger partial charge in [0.15, 0.2) is 0 Å². The van der Waals surface area contributed by atoms with E-state index in [1.165, 1.54) is 25.9 Å². The molecule has 0 spiro atoms. The maximum absolute atomic E-state index is 12.3. The van der Waals surface area contributed by atoms with Gasteiger partial charge in [0.2, 0.25) is 5.91 Å². The maximum atomic E-state index is 12.3. The van der Waals surface area contributed by atoms with Crippen molar-refractivity contribution in [1.82, 2.24) is 9.80 Å². The minimum atomic E-state index is 0.132. The molecule has 2 aliphatic heterocycles. The number of hydrogen-bond donors (Lipinski definition) is 0. The quantitative estimate of drug-likeness (QED) is 0.791. The van der Waals surface area contributed by atoms with E-state index in [1.54, 1.807) is 18.6 Å². The largest absolute Gasteiger partial charge is 0.472 e. The van der Waals surface area contributed by atoms with Gasteiger partial charge in [-0.05, 0) is 50.9 Å². The van der Waals surface area contributed by atoms with Gasteiger partial charge in [0.1, 0.15) is 0 Å². The zero-order chi connectivity index (χ0) is 13.8. The lowest BCUT2D eigenvalue weighted by atomic mass is 10.2. The Bertz CT molecular complexity index is 461. The van der Waals surface area contributed by atoms with Crippen molar-refractivity contribution in [3.05, 3.63) is 30.2 Å². The van der Waals surface area contributed by atoms with E-state index < -0.39 is 0 Å². The molecule has 0 N–H and O–H groups in total. The van der Waals surface area contributed by atoms with Gasteiger partial charge < -0.3 is 14.2 Å². The predicted molar refractivity (Wildman–Crippen MR) is 78.2 cm³/mol. The topological polar surface area (TPSA) is 36.7 Å². The summed E-state index contributed by atoms with van der Waals surface area (Å²) in [5.41, 5.74) is 0.939. The Balaban J connectivity index is 1.58. The second-order valence-electron chi connectivity index (χ2n) is 5.73. The van der Waals surface area contributed by atoms with Gasteiger partial charge >= 0.3 is 0 Å². The monoisotopic (exact) mass is 274 g/mol. The van der Waals surface area contributed by atoms with Gasteiger partial charge in [-0.2, -0.15) is 0 Å². The third kappa shape index (κ3) is 3.12. The Kier molecular flexibility index (Phi) is 4.21. The molecule has 2 saturated heterocycles. The molecule has 1 amide bonds. The Morgan fingerprint density at radius 3 is 2.90 bits per heavy atom. The molecule has 0 bridgehead atoms. The van der Waals surface area contributed by atoms with Crippen LogP contribution in [0.25, 0.3) is 6.08 Å². The first-order valence-corrected chi connectivity index (χ1v) is 7.56. The van der Waals surface area contributed by atoms with E-state index >= 15 is 0 Å². The molecule has 1 aromatic heterocycles. The van der Waals surface area contributed by atoms with Gasteiger partial charge in [-0.25, -0.2) is 0 Å². The van der Waals surface area contributed by atoms with Gasteiger partial charge in [-0.3, -0.25) is 4.79 Å². The summed E-state index contributed by atoms with van der Waals surface area (Å²) in [6.45, 7) is 4.34. The molecule has 3 rings (SSSR count). The minimum absolute atomic E-state index is 0.132. The van der Waals surface area contributed by atoms with Crippen LogP contribution in [0.15, 0.2) is 29.1 Å². The van der Waals surface area contributed by atoms with Crippen molar-refractivity contribution in [3.63, 3.8) is 0 Å². The molecule has 20 heavy (non-hydrogen) atoms. The lowest BCUT2D eigenvalue weighted by Crippen LogP contribution is -2.41. The predicted octanol–water partition coefficient (Wildman–Crippen LogP) is 2.38. The summed E-state index contributed by atoms with van der Waals surface area (Å²) in [5.74, 6) is 0.132. The zero-order valence-corrected chi connectivity index (χ0v) is 11.8. The molecule has 0 aliphatic carbocycles. The lowest BCUT2D eigenvalue weighted by molar-refractivity contribution is -0.127. The molecule has 108 valence electrons. The number of nitrogens with zero attached hydrogens (tertiary/aromatic N) is 2. The van der Waals surface area contributed by atoms with Crippen molar-refractivity contribution in [2.24, 2.45) is 0 Å². The van der Waals surface area contributed by atoms with Crippen LogP contribution in [0.4, 0.5) is 0 Å². The van der Waals surface area contributed by atoms with Crippen LogP contribution in [0.5, 0.6) is 0 Å². The number of carbonyl (C=O) groups is 1. The summed E-state index contributed by atoms with van der Waals surface area (Å²) >= 11 is 0. The lowest BCUT2D eigenvalue weighted by Gasteiger charge is -2.27. The van der Waals surface area contributed by atoms with E-state index in [0.29, 0.717) is 6.04 Å². The van der Waals surface area contributed by atoms with Gasteiger partial charge in [0.25, 0.3) is 0 Å². The van der Waals surface area contributed by atoms with Crippen molar-refractivity contribution in [2.75, 3.05) is 26.2 Å². The fraction of sp³-hybridized carbons (Fsp3) is 0.562. The number of hydrogen-bond acceptors (Lipinski definition) is 3. The van der Waals surface area contributed by atoms with Crippen LogP contribution in [-0.4, -0.2) is 47.9 Å². The average Bonchev–Trinajstić information content (AvgIpc) is 3.19. The SMILES string of the molecule is O=C(C=Cc1ccoc1)N1CCCC1CN1CCCC1. The van der Waals surface area contributed by atoms with Crippen molar-refractivity contribution in [2.45, 2.75) is 31.7 Å². The van der Waals surface area contributed by atoms with Crippen LogP contribution in [-0.2, 0) is 4.79 Å². The fourth-order valence-electron chi connectivity index (χ4n) is 3.21. The fourth-order valence-corrected chi connectivity index (χ4v) is 3.21. The van der Waals surface area contributed by atoms with Gasteiger partial charge in [0, 0.05) is 30.8 Å². The molecule has 2 fully saturated rings. The van der Waals surface area contributed by atoms with Crippen LogP contribution in [0.1, 0.15) is 31.2 Å². The van der Waals surface area contributed by atoms with E-state index in [9.17, 15) is 4.79 Å². The second kappa shape index (κ2) is 6.27. The molecule has 3 heterocycles.